The quantitative estimate of drug-likeness (QED) is 0.930. The standard InChI is InChI=1S/C17H23N3S/c18-17-19-14-8-7-12(10-16(14)21-17)11-20-9-3-6-15(20)13-4-1-2-5-13/h7-8,10,13,15H,1-6,9,11H2,(H2,18,19). The van der Waals surface area contributed by atoms with Crippen LogP contribution in [0.25, 0.3) is 10.2 Å². The van der Waals surface area contributed by atoms with Gasteiger partial charge in [-0.2, -0.15) is 0 Å². The highest BCUT2D eigenvalue weighted by Crippen LogP contribution is 2.36. The van der Waals surface area contributed by atoms with Crippen molar-refractivity contribution in [2.75, 3.05) is 12.3 Å². The number of fused-ring (bicyclic) bond motifs is 1. The van der Waals surface area contributed by atoms with Crippen molar-refractivity contribution in [2.24, 2.45) is 5.92 Å². The number of nitrogens with two attached hydrogens (primary N) is 1. The van der Waals surface area contributed by atoms with Gasteiger partial charge in [-0.1, -0.05) is 30.2 Å². The fourth-order valence-electron chi connectivity index (χ4n) is 4.24. The summed E-state index contributed by atoms with van der Waals surface area (Å²) in [6, 6.07) is 7.46. The first-order valence-electron chi connectivity index (χ1n) is 8.18. The normalized spacial score (nSPS) is 24.3. The Morgan fingerprint density at radius 2 is 2.05 bits per heavy atom. The number of likely N-dealkylation sites (tertiary alicyclic amines) is 1. The van der Waals surface area contributed by atoms with E-state index in [1.807, 2.05) is 0 Å². The summed E-state index contributed by atoms with van der Waals surface area (Å²) in [5, 5.41) is 0.673. The number of benzene rings is 1. The number of aromatic nitrogens is 1. The zero-order chi connectivity index (χ0) is 14.2. The lowest BCUT2D eigenvalue weighted by molar-refractivity contribution is 0.183. The van der Waals surface area contributed by atoms with E-state index in [-0.39, 0.29) is 0 Å². The summed E-state index contributed by atoms with van der Waals surface area (Å²) in [5.74, 6) is 0.954. The number of hydrogen-bond donors (Lipinski definition) is 1. The van der Waals surface area contributed by atoms with Gasteiger partial charge in [-0.05, 0) is 55.8 Å². The number of nitrogen functional groups attached to an aromatic ring is 1. The molecule has 0 radical (unpaired) electrons. The molecule has 2 N–H and O–H groups in total. The molecule has 2 aromatic rings. The van der Waals surface area contributed by atoms with Gasteiger partial charge in [-0.15, -0.1) is 0 Å². The van der Waals surface area contributed by atoms with Gasteiger partial charge in [0.15, 0.2) is 5.13 Å². The molecule has 112 valence electrons. The van der Waals surface area contributed by atoms with E-state index in [0.29, 0.717) is 5.13 Å². The molecule has 2 heterocycles. The van der Waals surface area contributed by atoms with Crippen LogP contribution in [-0.4, -0.2) is 22.5 Å². The van der Waals surface area contributed by atoms with E-state index in [1.54, 1.807) is 11.3 Å². The number of thiazole rings is 1. The van der Waals surface area contributed by atoms with Crippen molar-refractivity contribution in [1.82, 2.24) is 9.88 Å². The minimum Gasteiger partial charge on any atom is -0.375 e. The molecule has 1 aromatic heterocycles. The van der Waals surface area contributed by atoms with Crippen LogP contribution in [0.4, 0.5) is 5.13 Å². The van der Waals surface area contributed by atoms with Crippen molar-refractivity contribution >= 4 is 26.7 Å². The van der Waals surface area contributed by atoms with Crippen molar-refractivity contribution in [3.8, 4) is 0 Å². The highest BCUT2D eigenvalue weighted by atomic mass is 32.1. The minimum atomic E-state index is 0.673. The van der Waals surface area contributed by atoms with Gasteiger partial charge in [-0.3, -0.25) is 4.90 Å². The lowest BCUT2D eigenvalue weighted by Crippen LogP contribution is -2.34. The molecule has 1 saturated heterocycles. The van der Waals surface area contributed by atoms with E-state index in [2.05, 4.69) is 28.1 Å². The van der Waals surface area contributed by atoms with Crippen LogP contribution < -0.4 is 5.73 Å². The average molecular weight is 301 g/mol. The molecule has 4 rings (SSSR count). The predicted octanol–water partition coefficient (Wildman–Crippen LogP) is 4.03. The van der Waals surface area contributed by atoms with Gasteiger partial charge < -0.3 is 5.73 Å². The summed E-state index contributed by atoms with van der Waals surface area (Å²) >= 11 is 1.60. The van der Waals surface area contributed by atoms with Crippen LogP contribution in [0, 0.1) is 5.92 Å². The summed E-state index contributed by atoms with van der Waals surface area (Å²) in [5.41, 5.74) is 8.26. The third-order valence-corrected chi connectivity index (χ3v) is 6.06. The molecule has 21 heavy (non-hydrogen) atoms. The van der Waals surface area contributed by atoms with E-state index in [4.69, 9.17) is 5.73 Å². The van der Waals surface area contributed by atoms with Gasteiger partial charge in [0.25, 0.3) is 0 Å². The Labute approximate surface area is 130 Å². The van der Waals surface area contributed by atoms with E-state index in [1.165, 1.54) is 55.3 Å². The van der Waals surface area contributed by atoms with Crippen LogP contribution in [-0.2, 0) is 6.54 Å². The summed E-state index contributed by atoms with van der Waals surface area (Å²) in [4.78, 5) is 7.07. The average Bonchev–Trinajstić information content (AvgIpc) is 3.16. The van der Waals surface area contributed by atoms with Crippen LogP contribution in [0.2, 0.25) is 0 Å². The van der Waals surface area contributed by atoms with Crippen LogP contribution in [0.15, 0.2) is 18.2 Å². The van der Waals surface area contributed by atoms with Crippen LogP contribution in [0.3, 0.4) is 0 Å². The number of rotatable bonds is 3. The molecule has 1 aliphatic carbocycles. The zero-order valence-electron chi connectivity index (χ0n) is 12.4. The maximum Gasteiger partial charge on any atom is 0.181 e. The van der Waals surface area contributed by atoms with Gasteiger partial charge in [-0.25, -0.2) is 4.98 Å². The first-order valence-corrected chi connectivity index (χ1v) is 9.00. The lowest BCUT2D eigenvalue weighted by Gasteiger charge is -2.29. The highest BCUT2D eigenvalue weighted by Gasteiger charge is 2.33. The smallest absolute Gasteiger partial charge is 0.181 e. The predicted molar refractivity (Wildman–Crippen MR) is 89.4 cm³/mol. The third-order valence-electron chi connectivity index (χ3n) is 5.21. The van der Waals surface area contributed by atoms with Crippen molar-refractivity contribution in [1.29, 1.82) is 0 Å². The number of nitrogens with zero attached hydrogens (tertiary/aromatic N) is 2. The summed E-state index contributed by atoms with van der Waals surface area (Å²) in [7, 11) is 0. The van der Waals surface area contributed by atoms with Crippen molar-refractivity contribution in [3.63, 3.8) is 0 Å². The molecule has 1 saturated carbocycles. The molecular weight excluding hydrogens is 278 g/mol. The molecule has 1 unspecified atom stereocenters. The molecule has 1 aliphatic heterocycles. The van der Waals surface area contributed by atoms with Gasteiger partial charge in [0.1, 0.15) is 0 Å². The summed E-state index contributed by atoms with van der Waals surface area (Å²) in [6.45, 7) is 2.36. The molecule has 1 atom stereocenters. The Kier molecular flexibility index (Phi) is 3.59. The molecule has 4 heteroatoms. The molecule has 0 bridgehead atoms. The molecular formula is C17H23N3S. The molecule has 2 fully saturated rings. The largest absolute Gasteiger partial charge is 0.375 e. The second kappa shape index (κ2) is 5.58. The van der Waals surface area contributed by atoms with Crippen LogP contribution >= 0.6 is 11.3 Å². The van der Waals surface area contributed by atoms with E-state index in [9.17, 15) is 0 Å². The van der Waals surface area contributed by atoms with Crippen molar-refractivity contribution < 1.29 is 0 Å². The SMILES string of the molecule is Nc1nc2ccc(CN3CCCC3C3CCCC3)cc2s1. The van der Waals surface area contributed by atoms with Gasteiger partial charge in [0.05, 0.1) is 10.2 Å². The zero-order valence-corrected chi connectivity index (χ0v) is 13.2. The Morgan fingerprint density at radius 3 is 2.90 bits per heavy atom. The van der Waals surface area contributed by atoms with Gasteiger partial charge in [0.2, 0.25) is 0 Å². The maximum absolute atomic E-state index is 5.81. The molecule has 3 nitrogen and oxygen atoms in total. The lowest BCUT2D eigenvalue weighted by atomic mass is 9.96. The molecule has 1 aromatic carbocycles. The third kappa shape index (κ3) is 2.67. The Morgan fingerprint density at radius 1 is 1.19 bits per heavy atom. The topological polar surface area (TPSA) is 42.1 Å². The fraction of sp³-hybridized carbons (Fsp3) is 0.588. The minimum absolute atomic E-state index is 0.673. The molecule has 0 amide bonds. The van der Waals surface area contributed by atoms with Crippen LogP contribution in [0.5, 0.6) is 0 Å². The maximum atomic E-state index is 5.81. The number of anilines is 1. The molecule has 2 aliphatic rings. The second-order valence-electron chi connectivity index (χ2n) is 6.58. The highest BCUT2D eigenvalue weighted by molar-refractivity contribution is 7.22. The monoisotopic (exact) mass is 301 g/mol. The summed E-state index contributed by atoms with van der Waals surface area (Å²) < 4.78 is 1.22. The second-order valence-corrected chi connectivity index (χ2v) is 7.64. The Hall–Kier alpha value is -1.13. The fourth-order valence-corrected chi connectivity index (χ4v) is 5.04. The first kappa shape index (κ1) is 13.5. The summed E-state index contributed by atoms with van der Waals surface area (Å²) in [6.07, 6.45) is 8.57. The van der Waals surface area contributed by atoms with Crippen LogP contribution in [0.1, 0.15) is 44.1 Å². The molecule has 0 spiro atoms. The van der Waals surface area contributed by atoms with Gasteiger partial charge in [0, 0.05) is 12.6 Å². The van der Waals surface area contributed by atoms with Crippen molar-refractivity contribution in [2.45, 2.75) is 51.1 Å². The van der Waals surface area contributed by atoms with E-state index < -0.39 is 0 Å². The number of hydrogen-bond acceptors (Lipinski definition) is 4. The van der Waals surface area contributed by atoms with E-state index >= 15 is 0 Å². The Bertz CT molecular complexity index is 630. The first-order chi connectivity index (χ1) is 10.3. The Balaban J connectivity index is 1.52. The van der Waals surface area contributed by atoms with Crippen molar-refractivity contribution in [3.05, 3.63) is 23.8 Å². The van der Waals surface area contributed by atoms with Gasteiger partial charge >= 0.3 is 0 Å². The van der Waals surface area contributed by atoms with E-state index in [0.717, 1.165) is 24.0 Å².